The number of hydrogen-bond donors (Lipinski definition) is 0. The van der Waals surface area contributed by atoms with Crippen molar-refractivity contribution < 1.29 is 14.2 Å². The van der Waals surface area contributed by atoms with Gasteiger partial charge >= 0.3 is 0 Å². The van der Waals surface area contributed by atoms with Crippen molar-refractivity contribution in [3.63, 3.8) is 0 Å². The molecular formula is C22H29NO3. The van der Waals surface area contributed by atoms with Crippen LogP contribution in [0.2, 0.25) is 0 Å². The van der Waals surface area contributed by atoms with E-state index < -0.39 is 0 Å². The van der Waals surface area contributed by atoms with Crippen LogP contribution in [0, 0.1) is 0 Å². The summed E-state index contributed by atoms with van der Waals surface area (Å²) in [6, 6.07) is 19.4. The van der Waals surface area contributed by atoms with E-state index in [4.69, 9.17) is 14.2 Å². The van der Waals surface area contributed by atoms with E-state index in [9.17, 15) is 0 Å². The van der Waals surface area contributed by atoms with E-state index in [2.05, 4.69) is 53.4 Å². The van der Waals surface area contributed by atoms with Crippen molar-refractivity contribution in [1.82, 2.24) is 4.90 Å². The summed E-state index contributed by atoms with van der Waals surface area (Å²) in [6.45, 7) is 3.26. The minimum atomic E-state index is 0.246. The summed E-state index contributed by atoms with van der Waals surface area (Å²) >= 11 is 0. The van der Waals surface area contributed by atoms with E-state index in [1.807, 2.05) is 6.07 Å². The van der Waals surface area contributed by atoms with Crippen LogP contribution < -0.4 is 4.74 Å². The Balaban J connectivity index is 1.71. The van der Waals surface area contributed by atoms with Gasteiger partial charge in [0.25, 0.3) is 0 Å². The molecule has 4 nitrogen and oxygen atoms in total. The number of hydrogen-bond acceptors (Lipinski definition) is 4. The summed E-state index contributed by atoms with van der Waals surface area (Å²) in [7, 11) is 3.43. The summed E-state index contributed by atoms with van der Waals surface area (Å²) in [5.74, 6) is 0.911. The first-order valence-electron chi connectivity index (χ1n) is 9.31. The Kier molecular flexibility index (Phi) is 7.06. The maximum atomic E-state index is 6.15. The number of ether oxygens (including phenoxy) is 3. The minimum absolute atomic E-state index is 0.246. The molecule has 0 spiro atoms. The van der Waals surface area contributed by atoms with Gasteiger partial charge in [0.2, 0.25) is 0 Å². The van der Waals surface area contributed by atoms with E-state index in [1.165, 1.54) is 11.1 Å². The van der Waals surface area contributed by atoms with Crippen molar-refractivity contribution in [3.05, 3.63) is 65.7 Å². The minimum Gasteiger partial charge on any atom is -0.497 e. The second-order valence-electron chi connectivity index (χ2n) is 6.77. The lowest BCUT2D eigenvalue weighted by atomic mass is 10.0. The number of nitrogens with zero attached hydrogens (tertiary/aromatic N) is 1. The number of benzene rings is 2. The molecule has 0 N–H and O–H groups in total. The molecule has 0 bridgehead atoms. The highest BCUT2D eigenvalue weighted by atomic mass is 16.5. The van der Waals surface area contributed by atoms with Crippen LogP contribution in [0.5, 0.6) is 5.75 Å². The largest absolute Gasteiger partial charge is 0.497 e. The zero-order valence-electron chi connectivity index (χ0n) is 15.8. The number of methoxy groups -OCH3 is 2. The quantitative estimate of drug-likeness (QED) is 0.644. The van der Waals surface area contributed by atoms with Gasteiger partial charge in [-0.3, -0.25) is 4.90 Å². The lowest BCUT2D eigenvalue weighted by Gasteiger charge is -2.28. The fourth-order valence-electron chi connectivity index (χ4n) is 3.68. The van der Waals surface area contributed by atoms with Crippen molar-refractivity contribution >= 4 is 0 Å². The van der Waals surface area contributed by atoms with Gasteiger partial charge < -0.3 is 14.2 Å². The fourth-order valence-corrected chi connectivity index (χ4v) is 3.68. The highest BCUT2D eigenvalue weighted by molar-refractivity contribution is 5.28. The molecule has 2 aromatic carbocycles. The zero-order valence-corrected chi connectivity index (χ0v) is 15.8. The van der Waals surface area contributed by atoms with E-state index in [-0.39, 0.29) is 6.10 Å². The third-order valence-corrected chi connectivity index (χ3v) is 5.03. The maximum absolute atomic E-state index is 6.15. The number of rotatable bonds is 9. The predicted molar refractivity (Wildman–Crippen MR) is 104 cm³/mol. The second-order valence-corrected chi connectivity index (χ2v) is 6.77. The Morgan fingerprint density at radius 3 is 2.54 bits per heavy atom. The molecule has 26 heavy (non-hydrogen) atoms. The van der Waals surface area contributed by atoms with Crippen LogP contribution in [0.1, 0.15) is 17.5 Å². The van der Waals surface area contributed by atoms with Gasteiger partial charge in [-0.1, -0.05) is 42.5 Å². The van der Waals surface area contributed by atoms with Crippen molar-refractivity contribution in [2.24, 2.45) is 0 Å². The van der Waals surface area contributed by atoms with Gasteiger partial charge in [0.15, 0.2) is 0 Å². The molecule has 2 aromatic rings. The predicted octanol–water partition coefficient (Wildman–Crippen LogP) is 3.54. The molecule has 0 radical (unpaired) electrons. The smallest absolute Gasteiger partial charge is 0.119 e. The normalized spacial score (nSPS) is 20.4. The van der Waals surface area contributed by atoms with E-state index >= 15 is 0 Å². The first-order chi connectivity index (χ1) is 12.8. The van der Waals surface area contributed by atoms with Crippen LogP contribution in [0.25, 0.3) is 0 Å². The van der Waals surface area contributed by atoms with Crippen LogP contribution in [0.15, 0.2) is 54.6 Å². The molecule has 1 fully saturated rings. The van der Waals surface area contributed by atoms with E-state index in [0.29, 0.717) is 19.3 Å². The Morgan fingerprint density at radius 1 is 0.962 bits per heavy atom. The van der Waals surface area contributed by atoms with Crippen LogP contribution in [-0.4, -0.2) is 51.0 Å². The fraction of sp³-hybridized carbons (Fsp3) is 0.455. The molecular weight excluding hydrogens is 326 g/mol. The lowest BCUT2D eigenvalue weighted by molar-refractivity contribution is -0.00131. The second kappa shape index (κ2) is 9.72. The summed E-state index contributed by atoms with van der Waals surface area (Å²) in [6.07, 6.45) is 2.31. The van der Waals surface area contributed by atoms with Crippen molar-refractivity contribution in [1.29, 1.82) is 0 Å². The molecule has 1 aliphatic heterocycles. The Hall–Kier alpha value is -1.88. The molecule has 140 valence electrons. The third-order valence-electron chi connectivity index (χ3n) is 5.03. The SMILES string of the molecule is COCCO[C@@H]1CCN(Cc2cccc(OC)c2)[C@H]1Cc1ccccc1. The molecule has 2 atom stereocenters. The average molecular weight is 355 g/mol. The molecule has 0 aliphatic carbocycles. The molecule has 1 saturated heterocycles. The Bertz CT molecular complexity index is 661. The molecule has 0 aromatic heterocycles. The van der Waals surface area contributed by atoms with Crippen molar-refractivity contribution in [3.8, 4) is 5.75 Å². The molecule has 0 saturated carbocycles. The molecule has 0 unspecified atom stereocenters. The first kappa shape index (κ1) is 18.9. The van der Waals surface area contributed by atoms with Crippen LogP contribution >= 0.6 is 0 Å². The topological polar surface area (TPSA) is 30.9 Å². The zero-order chi connectivity index (χ0) is 18.2. The van der Waals surface area contributed by atoms with Gasteiger partial charge in [0.1, 0.15) is 5.75 Å². The maximum Gasteiger partial charge on any atom is 0.119 e. The summed E-state index contributed by atoms with van der Waals surface area (Å²) in [5.41, 5.74) is 2.63. The summed E-state index contributed by atoms with van der Waals surface area (Å²) in [5, 5.41) is 0. The monoisotopic (exact) mass is 355 g/mol. The molecule has 0 amide bonds. The van der Waals surface area contributed by atoms with E-state index in [0.717, 1.165) is 31.7 Å². The third kappa shape index (κ3) is 5.07. The Labute approximate surface area is 156 Å². The van der Waals surface area contributed by atoms with Gasteiger partial charge in [-0.2, -0.15) is 0 Å². The van der Waals surface area contributed by atoms with Gasteiger partial charge in [-0.15, -0.1) is 0 Å². The molecule has 4 heteroatoms. The van der Waals surface area contributed by atoms with Crippen LogP contribution in [-0.2, 0) is 22.4 Å². The van der Waals surface area contributed by atoms with Gasteiger partial charge in [-0.25, -0.2) is 0 Å². The van der Waals surface area contributed by atoms with E-state index in [1.54, 1.807) is 14.2 Å². The Morgan fingerprint density at radius 2 is 1.77 bits per heavy atom. The molecule has 3 rings (SSSR count). The highest BCUT2D eigenvalue weighted by Gasteiger charge is 2.34. The van der Waals surface area contributed by atoms with Crippen LogP contribution in [0.4, 0.5) is 0 Å². The van der Waals surface area contributed by atoms with Gasteiger partial charge in [0.05, 0.1) is 26.4 Å². The lowest BCUT2D eigenvalue weighted by Crippen LogP contribution is -2.38. The molecule has 1 heterocycles. The van der Waals surface area contributed by atoms with Gasteiger partial charge in [-0.05, 0) is 36.1 Å². The van der Waals surface area contributed by atoms with Crippen molar-refractivity contribution in [2.45, 2.75) is 31.5 Å². The van der Waals surface area contributed by atoms with Gasteiger partial charge in [0, 0.05) is 26.2 Å². The standard InChI is InChI=1S/C22H29NO3/c1-24-13-14-26-22-11-12-23(17-19-9-6-10-20(15-19)25-2)21(22)16-18-7-4-3-5-8-18/h3-10,15,21-22H,11-14,16-17H2,1-2H3/t21-,22+/m0/s1. The highest BCUT2D eigenvalue weighted by Crippen LogP contribution is 2.27. The van der Waals surface area contributed by atoms with Crippen molar-refractivity contribution in [2.75, 3.05) is 34.0 Å². The average Bonchev–Trinajstić information content (AvgIpc) is 3.04. The van der Waals surface area contributed by atoms with Crippen LogP contribution in [0.3, 0.4) is 0 Å². The summed E-state index contributed by atoms with van der Waals surface area (Å²) < 4.78 is 16.7. The summed E-state index contributed by atoms with van der Waals surface area (Å²) in [4.78, 5) is 2.54. The first-order valence-corrected chi connectivity index (χ1v) is 9.31. The number of likely N-dealkylation sites (tertiary alicyclic amines) is 1. The molecule has 1 aliphatic rings.